The molecule has 0 N–H and O–H groups in total. The molecule has 0 unspecified atom stereocenters. The molecule has 1 heteroatoms. The van der Waals surface area contributed by atoms with Crippen molar-refractivity contribution in [2.24, 2.45) is 0 Å². The summed E-state index contributed by atoms with van der Waals surface area (Å²) in [6.07, 6.45) is 0. The minimum Gasteiger partial charge on any atom is -0.252 e. The van der Waals surface area contributed by atoms with Crippen LogP contribution < -0.4 is 0 Å². The van der Waals surface area contributed by atoms with E-state index in [2.05, 4.69) is 55.5 Å². The van der Waals surface area contributed by atoms with Gasteiger partial charge in [-0.05, 0) is 18.6 Å². The van der Waals surface area contributed by atoms with Gasteiger partial charge >= 0.3 is 0 Å². The van der Waals surface area contributed by atoms with Crippen molar-refractivity contribution >= 4 is 0 Å². The fraction of sp³-hybridized carbons (Fsp3) is 0.0556. The van der Waals surface area contributed by atoms with Gasteiger partial charge in [-0.2, -0.15) is 0 Å². The van der Waals surface area contributed by atoms with Gasteiger partial charge in [-0.25, -0.2) is 0 Å². The summed E-state index contributed by atoms with van der Waals surface area (Å²) in [6.45, 7) is 2.06. The van der Waals surface area contributed by atoms with Crippen LogP contribution in [-0.2, 0) is 0 Å². The highest BCUT2D eigenvalue weighted by molar-refractivity contribution is 5.69. The van der Waals surface area contributed by atoms with Crippen LogP contribution in [0.3, 0.4) is 0 Å². The molecule has 0 aliphatic heterocycles. The van der Waals surface area contributed by atoms with Gasteiger partial charge in [0.2, 0.25) is 0 Å². The van der Waals surface area contributed by atoms with Crippen molar-refractivity contribution in [2.45, 2.75) is 6.92 Å². The van der Waals surface area contributed by atoms with Gasteiger partial charge in [0.25, 0.3) is 0 Å². The maximum absolute atomic E-state index is 4.72. The maximum atomic E-state index is 4.72. The van der Waals surface area contributed by atoms with Crippen molar-refractivity contribution < 1.29 is 0 Å². The van der Waals surface area contributed by atoms with Gasteiger partial charge < -0.3 is 0 Å². The highest BCUT2D eigenvalue weighted by Crippen LogP contribution is 2.25. The lowest BCUT2D eigenvalue weighted by Crippen LogP contribution is -1.90. The molecule has 0 saturated heterocycles. The van der Waals surface area contributed by atoms with Gasteiger partial charge in [0, 0.05) is 16.8 Å². The zero-order valence-electron chi connectivity index (χ0n) is 10.9. The Morgan fingerprint density at radius 2 is 1.21 bits per heavy atom. The summed E-state index contributed by atoms with van der Waals surface area (Å²) in [7, 11) is 0. The Bertz CT molecular complexity index is 673. The second-order valence-corrected chi connectivity index (χ2v) is 4.56. The molecule has 92 valence electrons. The maximum Gasteiger partial charge on any atom is 0.0705 e. The largest absolute Gasteiger partial charge is 0.252 e. The third kappa shape index (κ3) is 2.41. The first kappa shape index (κ1) is 11.7. The van der Waals surface area contributed by atoms with E-state index >= 15 is 0 Å². The van der Waals surface area contributed by atoms with Gasteiger partial charge in [-0.3, -0.25) is 4.98 Å². The van der Waals surface area contributed by atoms with E-state index in [0.717, 1.165) is 17.0 Å². The van der Waals surface area contributed by atoms with E-state index in [4.69, 9.17) is 4.98 Å². The molecule has 1 aromatic heterocycles. The standard InChI is InChI=1S/C18H15N/c1-14-17(15-8-4-2-5-9-15)12-13-18(19-14)16-10-6-3-7-11-16/h2-13H,1H3. The highest BCUT2D eigenvalue weighted by atomic mass is 14.7. The summed E-state index contributed by atoms with van der Waals surface area (Å²) in [6, 6.07) is 24.9. The first-order valence-electron chi connectivity index (χ1n) is 6.43. The highest BCUT2D eigenvalue weighted by Gasteiger charge is 2.05. The third-order valence-electron chi connectivity index (χ3n) is 3.24. The zero-order chi connectivity index (χ0) is 13.1. The van der Waals surface area contributed by atoms with Crippen molar-refractivity contribution in [3.63, 3.8) is 0 Å². The summed E-state index contributed by atoms with van der Waals surface area (Å²) in [5.41, 5.74) is 5.66. The lowest BCUT2D eigenvalue weighted by Gasteiger charge is -2.08. The Morgan fingerprint density at radius 3 is 1.79 bits per heavy atom. The Kier molecular flexibility index (Phi) is 3.11. The van der Waals surface area contributed by atoms with Crippen molar-refractivity contribution in [1.82, 2.24) is 4.98 Å². The number of benzene rings is 2. The molecular weight excluding hydrogens is 230 g/mol. The summed E-state index contributed by atoms with van der Waals surface area (Å²) < 4.78 is 0. The van der Waals surface area contributed by atoms with Crippen LogP contribution in [0.1, 0.15) is 5.69 Å². The molecule has 0 aliphatic carbocycles. The summed E-state index contributed by atoms with van der Waals surface area (Å²) in [4.78, 5) is 4.72. The van der Waals surface area contributed by atoms with Crippen LogP contribution in [0.25, 0.3) is 22.4 Å². The number of aromatic nitrogens is 1. The molecule has 1 nitrogen and oxygen atoms in total. The fourth-order valence-corrected chi connectivity index (χ4v) is 2.25. The first-order chi connectivity index (χ1) is 9.34. The Hall–Kier alpha value is -2.41. The van der Waals surface area contributed by atoms with Gasteiger partial charge in [-0.15, -0.1) is 0 Å². The molecule has 1 heterocycles. The van der Waals surface area contributed by atoms with Crippen LogP contribution in [-0.4, -0.2) is 4.98 Å². The number of hydrogen-bond donors (Lipinski definition) is 0. The Labute approximate surface area is 113 Å². The summed E-state index contributed by atoms with van der Waals surface area (Å²) >= 11 is 0. The van der Waals surface area contributed by atoms with Gasteiger partial charge in [-0.1, -0.05) is 66.7 Å². The van der Waals surface area contributed by atoms with E-state index in [1.807, 2.05) is 24.3 Å². The fourth-order valence-electron chi connectivity index (χ4n) is 2.25. The molecule has 0 amide bonds. The molecule has 0 bridgehead atoms. The van der Waals surface area contributed by atoms with Crippen molar-refractivity contribution in [1.29, 1.82) is 0 Å². The minimum atomic E-state index is 1.03. The quantitative estimate of drug-likeness (QED) is 0.636. The molecule has 2 aromatic carbocycles. The Morgan fingerprint density at radius 1 is 0.632 bits per heavy atom. The number of nitrogens with zero attached hydrogens (tertiary/aromatic N) is 1. The normalized spacial score (nSPS) is 10.4. The topological polar surface area (TPSA) is 12.9 Å². The van der Waals surface area contributed by atoms with Gasteiger partial charge in [0.1, 0.15) is 0 Å². The second-order valence-electron chi connectivity index (χ2n) is 4.56. The van der Waals surface area contributed by atoms with Crippen molar-refractivity contribution in [3.8, 4) is 22.4 Å². The monoisotopic (exact) mass is 245 g/mol. The van der Waals surface area contributed by atoms with E-state index in [-0.39, 0.29) is 0 Å². The second kappa shape index (κ2) is 5.07. The minimum absolute atomic E-state index is 1.03. The molecule has 0 spiro atoms. The van der Waals surface area contributed by atoms with E-state index in [9.17, 15) is 0 Å². The zero-order valence-corrected chi connectivity index (χ0v) is 10.9. The molecule has 0 saturated carbocycles. The Balaban J connectivity index is 2.04. The van der Waals surface area contributed by atoms with E-state index < -0.39 is 0 Å². The predicted octanol–water partition coefficient (Wildman–Crippen LogP) is 4.72. The van der Waals surface area contributed by atoms with E-state index in [0.29, 0.717) is 0 Å². The van der Waals surface area contributed by atoms with Crippen LogP contribution in [0, 0.1) is 6.92 Å². The molecule has 3 aromatic rings. The predicted molar refractivity (Wildman–Crippen MR) is 79.8 cm³/mol. The number of pyridine rings is 1. The van der Waals surface area contributed by atoms with Crippen molar-refractivity contribution in [3.05, 3.63) is 78.5 Å². The van der Waals surface area contributed by atoms with Crippen LogP contribution in [0.15, 0.2) is 72.8 Å². The van der Waals surface area contributed by atoms with Crippen LogP contribution in [0.2, 0.25) is 0 Å². The number of aryl methyl sites for hydroxylation is 1. The first-order valence-corrected chi connectivity index (χ1v) is 6.43. The van der Waals surface area contributed by atoms with E-state index in [1.54, 1.807) is 0 Å². The molecular formula is C18H15N. The average molecular weight is 245 g/mol. The SMILES string of the molecule is Cc1nc(-c2ccccc2)ccc1-c1ccccc1. The number of hydrogen-bond acceptors (Lipinski definition) is 1. The summed E-state index contributed by atoms with van der Waals surface area (Å²) in [5.74, 6) is 0. The smallest absolute Gasteiger partial charge is 0.0705 e. The molecule has 0 aliphatic rings. The molecule has 0 radical (unpaired) electrons. The average Bonchev–Trinajstić information content (AvgIpc) is 2.49. The lowest BCUT2D eigenvalue weighted by atomic mass is 10.0. The molecule has 0 atom stereocenters. The van der Waals surface area contributed by atoms with Gasteiger partial charge in [0.15, 0.2) is 0 Å². The van der Waals surface area contributed by atoms with Crippen LogP contribution in [0.5, 0.6) is 0 Å². The third-order valence-corrected chi connectivity index (χ3v) is 3.24. The molecule has 0 fully saturated rings. The lowest BCUT2D eigenvalue weighted by molar-refractivity contribution is 1.21. The van der Waals surface area contributed by atoms with Crippen LogP contribution >= 0.6 is 0 Å². The van der Waals surface area contributed by atoms with E-state index in [1.165, 1.54) is 11.1 Å². The van der Waals surface area contributed by atoms with Crippen molar-refractivity contribution in [2.75, 3.05) is 0 Å². The molecule has 3 rings (SSSR count). The van der Waals surface area contributed by atoms with Gasteiger partial charge in [0.05, 0.1) is 5.69 Å². The summed E-state index contributed by atoms with van der Waals surface area (Å²) in [5, 5.41) is 0. The number of rotatable bonds is 2. The molecule has 19 heavy (non-hydrogen) atoms. The van der Waals surface area contributed by atoms with Crippen LogP contribution in [0.4, 0.5) is 0 Å².